The van der Waals surface area contributed by atoms with Gasteiger partial charge in [0.25, 0.3) is 0 Å². The first-order chi connectivity index (χ1) is 8.76. The predicted octanol–water partition coefficient (Wildman–Crippen LogP) is 1.55. The fourth-order valence-electron chi connectivity index (χ4n) is 2.60. The van der Waals surface area contributed by atoms with Crippen LogP contribution in [0.25, 0.3) is 0 Å². The quantitative estimate of drug-likeness (QED) is 0.783. The van der Waals surface area contributed by atoms with Crippen molar-refractivity contribution in [1.82, 2.24) is 10.2 Å². The number of carbonyl (C=O) groups excluding carboxylic acids is 2. The first-order valence-electron chi connectivity index (χ1n) is 6.84. The van der Waals surface area contributed by atoms with Gasteiger partial charge in [-0.3, -0.25) is 9.59 Å². The van der Waals surface area contributed by atoms with Gasteiger partial charge in [0.2, 0.25) is 11.8 Å². The molecule has 2 amide bonds. The van der Waals surface area contributed by atoms with E-state index in [2.05, 4.69) is 11.2 Å². The Kier molecular flexibility index (Phi) is 4.62. The van der Waals surface area contributed by atoms with Gasteiger partial charge in [0.1, 0.15) is 11.6 Å². The second-order valence-corrected chi connectivity index (χ2v) is 5.99. The van der Waals surface area contributed by atoms with Gasteiger partial charge >= 0.3 is 0 Å². The Hall–Kier alpha value is -1.50. The van der Waals surface area contributed by atoms with E-state index in [1.165, 1.54) is 0 Å². The smallest absolute Gasteiger partial charge is 0.248 e. The molecule has 0 radical (unpaired) electrons. The third-order valence-electron chi connectivity index (χ3n) is 3.62. The first-order valence-corrected chi connectivity index (χ1v) is 6.84. The third kappa shape index (κ3) is 2.91. The van der Waals surface area contributed by atoms with E-state index in [1.807, 2.05) is 20.8 Å². The van der Waals surface area contributed by atoms with Gasteiger partial charge in [-0.05, 0) is 26.2 Å². The summed E-state index contributed by atoms with van der Waals surface area (Å²) in [6, 6.07) is -0.506. The van der Waals surface area contributed by atoms with Crippen molar-refractivity contribution in [3.63, 3.8) is 0 Å². The molecule has 0 spiro atoms. The predicted molar refractivity (Wildman–Crippen MR) is 75.2 cm³/mol. The molecule has 106 valence electrons. The topological polar surface area (TPSA) is 49.4 Å². The van der Waals surface area contributed by atoms with E-state index in [9.17, 15) is 9.59 Å². The molecule has 2 unspecified atom stereocenters. The van der Waals surface area contributed by atoms with Crippen molar-refractivity contribution in [2.45, 2.75) is 65.1 Å². The number of piperazine rings is 1. The van der Waals surface area contributed by atoms with Crippen LogP contribution in [0.1, 0.15) is 47.5 Å². The van der Waals surface area contributed by atoms with Crippen LogP contribution in [0.3, 0.4) is 0 Å². The average molecular weight is 264 g/mol. The van der Waals surface area contributed by atoms with Crippen LogP contribution in [0.4, 0.5) is 0 Å². The lowest BCUT2D eigenvalue weighted by Crippen LogP contribution is -2.71. The maximum absolute atomic E-state index is 12.6. The lowest BCUT2D eigenvalue weighted by molar-refractivity contribution is -0.158. The number of amides is 2. The molecule has 2 atom stereocenters. The van der Waals surface area contributed by atoms with Crippen LogP contribution >= 0.6 is 0 Å². The zero-order valence-corrected chi connectivity index (χ0v) is 12.5. The molecule has 19 heavy (non-hydrogen) atoms. The van der Waals surface area contributed by atoms with E-state index in [-0.39, 0.29) is 23.8 Å². The van der Waals surface area contributed by atoms with Gasteiger partial charge in [-0.2, -0.15) is 0 Å². The molecule has 0 aromatic carbocycles. The Morgan fingerprint density at radius 1 is 1.42 bits per heavy atom. The van der Waals surface area contributed by atoms with E-state index in [1.54, 1.807) is 18.7 Å². The molecule has 1 fully saturated rings. The van der Waals surface area contributed by atoms with E-state index in [0.29, 0.717) is 6.42 Å². The lowest BCUT2D eigenvalue weighted by atomic mass is 9.89. The Morgan fingerprint density at radius 2 is 2.00 bits per heavy atom. The van der Waals surface area contributed by atoms with Crippen molar-refractivity contribution < 1.29 is 9.59 Å². The van der Waals surface area contributed by atoms with Crippen molar-refractivity contribution in [3.05, 3.63) is 0 Å². The molecule has 4 nitrogen and oxygen atoms in total. The summed E-state index contributed by atoms with van der Waals surface area (Å²) in [5.74, 6) is 2.54. The van der Waals surface area contributed by atoms with Crippen molar-refractivity contribution in [3.8, 4) is 12.3 Å². The molecule has 0 saturated carbocycles. The number of nitrogens with one attached hydrogen (secondary N) is 1. The fourth-order valence-corrected chi connectivity index (χ4v) is 2.60. The zero-order valence-electron chi connectivity index (χ0n) is 12.5. The minimum Gasteiger partial charge on any atom is -0.340 e. The summed E-state index contributed by atoms with van der Waals surface area (Å²) >= 11 is 0. The third-order valence-corrected chi connectivity index (χ3v) is 3.62. The number of terminal acetylenes is 1. The molecule has 0 bridgehead atoms. The van der Waals surface area contributed by atoms with Gasteiger partial charge in [0.15, 0.2) is 0 Å². The summed E-state index contributed by atoms with van der Waals surface area (Å²) < 4.78 is 0. The highest BCUT2D eigenvalue weighted by molar-refractivity contribution is 5.99. The molecule has 1 heterocycles. The molecule has 1 saturated heterocycles. The second kappa shape index (κ2) is 5.64. The molecule has 0 aromatic heterocycles. The molecule has 1 aliphatic heterocycles. The number of carbonyl (C=O) groups is 2. The Labute approximate surface area is 115 Å². The van der Waals surface area contributed by atoms with E-state index >= 15 is 0 Å². The highest BCUT2D eigenvalue weighted by Gasteiger charge is 2.48. The van der Waals surface area contributed by atoms with Crippen molar-refractivity contribution in [2.24, 2.45) is 5.92 Å². The van der Waals surface area contributed by atoms with Crippen LogP contribution in [0.5, 0.6) is 0 Å². The summed E-state index contributed by atoms with van der Waals surface area (Å²) in [5, 5.41) is 2.81. The summed E-state index contributed by atoms with van der Waals surface area (Å²) in [5.41, 5.74) is -0.857. The highest BCUT2D eigenvalue weighted by atomic mass is 16.2. The van der Waals surface area contributed by atoms with Crippen molar-refractivity contribution in [1.29, 1.82) is 0 Å². The van der Waals surface area contributed by atoms with Gasteiger partial charge in [0.05, 0.1) is 0 Å². The number of hydrogen-bond acceptors (Lipinski definition) is 2. The molecule has 1 rings (SSSR count). The summed E-state index contributed by atoms with van der Waals surface area (Å²) in [6.07, 6.45) is 6.63. The molecule has 1 aliphatic rings. The van der Waals surface area contributed by atoms with Crippen LogP contribution in [0.2, 0.25) is 0 Å². The largest absolute Gasteiger partial charge is 0.340 e. The molecule has 4 heteroatoms. The number of hydrogen-bond donors (Lipinski definition) is 1. The Balaban J connectivity index is 3.20. The number of nitrogens with zero attached hydrogens (tertiary/aromatic N) is 1. The molecule has 0 aliphatic carbocycles. The van der Waals surface area contributed by atoms with E-state index in [4.69, 9.17) is 6.42 Å². The van der Waals surface area contributed by atoms with Crippen LogP contribution < -0.4 is 5.32 Å². The van der Waals surface area contributed by atoms with Crippen LogP contribution in [-0.4, -0.2) is 34.3 Å². The Bertz CT molecular complexity index is 407. The fraction of sp³-hybridized carbons (Fsp3) is 0.733. The summed E-state index contributed by atoms with van der Waals surface area (Å²) in [7, 11) is 0. The zero-order chi connectivity index (χ0) is 14.8. The Morgan fingerprint density at radius 3 is 2.42 bits per heavy atom. The summed E-state index contributed by atoms with van der Waals surface area (Å²) in [6.45, 7) is 9.36. The van der Waals surface area contributed by atoms with Gasteiger partial charge < -0.3 is 10.2 Å². The number of rotatable bonds is 4. The monoisotopic (exact) mass is 264 g/mol. The van der Waals surface area contributed by atoms with Crippen molar-refractivity contribution in [2.75, 3.05) is 0 Å². The molecular weight excluding hydrogens is 240 g/mol. The standard InChI is InChI=1S/C15H24N2O2/c1-7-9-11(8-2)17-12(10(3)4)13(18)16-15(5,6)14(17)19/h1,10-12H,8-9H2,2-6H3,(H,16,18). The first kappa shape index (κ1) is 15.6. The minimum absolute atomic E-state index is 0.0482. The molecular formula is C15H24N2O2. The second-order valence-electron chi connectivity index (χ2n) is 5.99. The van der Waals surface area contributed by atoms with Gasteiger partial charge in [0, 0.05) is 12.5 Å². The van der Waals surface area contributed by atoms with E-state index < -0.39 is 11.6 Å². The molecule has 0 aromatic rings. The summed E-state index contributed by atoms with van der Waals surface area (Å²) in [4.78, 5) is 26.6. The highest BCUT2D eigenvalue weighted by Crippen LogP contribution is 2.27. The average Bonchev–Trinajstić information content (AvgIpc) is 2.29. The lowest BCUT2D eigenvalue weighted by Gasteiger charge is -2.47. The van der Waals surface area contributed by atoms with Gasteiger partial charge in [-0.25, -0.2) is 0 Å². The maximum atomic E-state index is 12.6. The maximum Gasteiger partial charge on any atom is 0.248 e. The van der Waals surface area contributed by atoms with Crippen molar-refractivity contribution >= 4 is 11.8 Å². The van der Waals surface area contributed by atoms with E-state index in [0.717, 1.165) is 6.42 Å². The SMILES string of the molecule is C#CCC(CC)N1C(=O)C(C)(C)NC(=O)C1C(C)C. The van der Waals surface area contributed by atoms with Crippen LogP contribution in [0, 0.1) is 18.3 Å². The van der Waals surface area contributed by atoms with Crippen LogP contribution in [-0.2, 0) is 9.59 Å². The minimum atomic E-state index is -0.857. The normalized spacial score (nSPS) is 24.1. The van der Waals surface area contributed by atoms with Crippen LogP contribution in [0.15, 0.2) is 0 Å². The van der Waals surface area contributed by atoms with Gasteiger partial charge in [-0.1, -0.05) is 20.8 Å². The molecule has 1 N–H and O–H groups in total. The van der Waals surface area contributed by atoms with Gasteiger partial charge in [-0.15, -0.1) is 12.3 Å².